The summed E-state index contributed by atoms with van der Waals surface area (Å²) in [5.74, 6) is 1.44. The number of carbonyl (C=O) groups is 1. The van der Waals surface area contributed by atoms with Gasteiger partial charge in [-0.2, -0.15) is 0 Å². The van der Waals surface area contributed by atoms with Crippen LogP contribution in [0.4, 0.5) is 22.0 Å². The Morgan fingerprint density at radius 3 is 2.20 bits per heavy atom. The van der Waals surface area contributed by atoms with E-state index in [1.807, 2.05) is 84.9 Å². The maximum absolute atomic E-state index is 12.2. The van der Waals surface area contributed by atoms with Gasteiger partial charge in [0.1, 0.15) is 12.1 Å². The Bertz CT molecular complexity index is 1440. The molecule has 0 bridgehead atoms. The number of para-hydroxylation sites is 1. The molecular weight excluding hydrogens is 506 g/mol. The number of benzene rings is 3. The smallest absolute Gasteiger partial charge is 0.323 e. The van der Waals surface area contributed by atoms with E-state index in [1.165, 1.54) is 6.33 Å². The number of halogens is 1. The molecule has 0 atom stereocenters. The van der Waals surface area contributed by atoms with Crippen molar-refractivity contribution >= 4 is 50.3 Å². The number of rotatable bonds is 7. The van der Waals surface area contributed by atoms with E-state index in [2.05, 4.69) is 41.8 Å². The molecule has 0 aliphatic heterocycles. The molecule has 0 aliphatic rings. The molecule has 0 saturated heterocycles. The van der Waals surface area contributed by atoms with E-state index in [9.17, 15) is 4.79 Å². The average Bonchev–Trinajstić information content (AvgIpc) is 3.23. The van der Waals surface area contributed by atoms with Crippen LogP contribution in [0.25, 0.3) is 22.4 Å². The van der Waals surface area contributed by atoms with Gasteiger partial charge in [-0.15, -0.1) is 0 Å². The average molecular weight is 528 g/mol. The first kappa shape index (κ1) is 22.6. The van der Waals surface area contributed by atoms with Crippen LogP contribution in [0.1, 0.15) is 5.56 Å². The van der Waals surface area contributed by atoms with Crippen molar-refractivity contribution in [1.82, 2.24) is 9.97 Å². The number of hydrogen-bond donors (Lipinski definition) is 3. The fraction of sp³-hybridized carbons (Fsp3) is 0.0741. The maximum Gasteiger partial charge on any atom is 0.323 e. The molecule has 174 valence electrons. The molecule has 0 spiro atoms. The number of amides is 2. The van der Waals surface area contributed by atoms with Crippen molar-refractivity contribution in [3.8, 4) is 11.3 Å². The first-order valence-electron chi connectivity index (χ1n) is 11.1. The molecule has 0 saturated carbocycles. The Hall–Kier alpha value is -4.17. The van der Waals surface area contributed by atoms with Gasteiger partial charge >= 0.3 is 6.03 Å². The molecule has 0 unspecified atom stereocenters. The Kier molecular flexibility index (Phi) is 6.72. The summed E-state index contributed by atoms with van der Waals surface area (Å²) in [6.07, 6.45) is 2.28. The van der Waals surface area contributed by atoms with Crippen LogP contribution >= 0.6 is 15.9 Å². The van der Waals surface area contributed by atoms with E-state index in [-0.39, 0.29) is 6.03 Å². The third-order valence-electron chi connectivity index (χ3n) is 5.42. The normalized spacial score (nSPS) is 10.8. The van der Waals surface area contributed by atoms with Gasteiger partial charge < -0.3 is 20.4 Å². The van der Waals surface area contributed by atoms with Crippen molar-refractivity contribution in [3.05, 3.63) is 101 Å². The second-order valence-electron chi connectivity index (χ2n) is 7.83. The highest BCUT2D eigenvalue weighted by Crippen LogP contribution is 2.39. The van der Waals surface area contributed by atoms with Crippen LogP contribution in [0.15, 0.2) is 100 Å². The summed E-state index contributed by atoms with van der Waals surface area (Å²) < 4.78 is 6.82. The molecule has 3 N–H and O–H groups in total. The van der Waals surface area contributed by atoms with Crippen LogP contribution in [0.2, 0.25) is 0 Å². The third kappa shape index (κ3) is 5.33. The van der Waals surface area contributed by atoms with Gasteiger partial charge in [-0.3, -0.25) is 0 Å². The molecule has 35 heavy (non-hydrogen) atoms. The Balaban J connectivity index is 1.20. The summed E-state index contributed by atoms with van der Waals surface area (Å²) in [5.41, 5.74) is 4.09. The number of nitrogens with one attached hydrogen (secondary N) is 3. The summed E-state index contributed by atoms with van der Waals surface area (Å²) >= 11 is 3.67. The molecule has 2 heterocycles. The zero-order valence-corrected chi connectivity index (χ0v) is 20.2. The van der Waals surface area contributed by atoms with Crippen LogP contribution in [0.5, 0.6) is 0 Å². The van der Waals surface area contributed by atoms with E-state index < -0.39 is 0 Å². The highest BCUT2D eigenvalue weighted by atomic mass is 79.9. The van der Waals surface area contributed by atoms with E-state index in [0.717, 1.165) is 44.5 Å². The number of hydrogen-bond acceptors (Lipinski definition) is 5. The third-order valence-corrected chi connectivity index (χ3v) is 6.17. The molecular formula is C27H22BrN5O2. The van der Waals surface area contributed by atoms with Crippen LogP contribution in [0.3, 0.4) is 0 Å². The Morgan fingerprint density at radius 1 is 0.829 bits per heavy atom. The molecule has 5 rings (SSSR count). The molecule has 8 heteroatoms. The molecule has 0 aliphatic carbocycles. The van der Waals surface area contributed by atoms with E-state index in [1.54, 1.807) is 0 Å². The molecule has 3 aromatic carbocycles. The standard InChI is InChI=1S/C27H22BrN5O2/c28-23-22-25(30-17-31-26(22)35-24(23)19-7-3-1-4-8-19)29-16-15-18-11-13-21(14-12-18)33-27(34)32-20-9-5-2-6-10-20/h1-14,17H,15-16H2,(H,29,30,31)(H2,32,33,34). The number of nitrogens with zero attached hydrogens (tertiary/aromatic N) is 2. The lowest BCUT2D eigenvalue weighted by Crippen LogP contribution is -2.19. The zero-order valence-electron chi connectivity index (χ0n) is 18.7. The highest BCUT2D eigenvalue weighted by Gasteiger charge is 2.18. The molecule has 7 nitrogen and oxygen atoms in total. The number of anilines is 3. The minimum atomic E-state index is -0.279. The highest BCUT2D eigenvalue weighted by molar-refractivity contribution is 9.10. The number of furan rings is 1. The summed E-state index contributed by atoms with van der Waals surface area (Å²) in [7, 11) is 0. The molecule has 2 aromatic heterocycles. The topological polar surface area (TPSA) is 92.1 Å². The monoisotopic (exact) mass is 527 g/mol. The van der Waals surface area contributed by atoms with E-state index in [0.29, 0.717) is 18.1 Å². The number of fused-ring (bicyclic) bond motifs is 1. The summed E-state index contributed by atoms with van der Waals surface area (Å²) in [5, 5.41) is 9.86. The van der Waals surface area contributed by atoms with Gasteiger partial charge in [0.05, 0.1) is 9.86 Å². The largest absolute Gasteiger partial charge is 0.436 e. The molecule has 2 amide bonds. The van der Waals surface area contributed by atoms with Crippen molar-refractivity contribution in [3.63, 3.8) is 0 Å². The van der Waals surface area contributed by atoms with Crippen molar-refractivity contribution in [2.24, 2.45) is 0 Å². The fourth-order valence-corrected chi connectivity index (χ4v) is 4.37. The second-order valence-corrected chi connectivity index (χ2v) is 8.63. The number of carbonyl (C=O) groups excluding carboxylic acids is 1. The SMILES string of the molecule is O=C(Nc1ccccc1)Nc1ccc(CCNc2ncnc3oc(-c4ccccc4)c(Br)c23)cc1. The van der Waals surface area contributed by atoms with Crippen LogP contribution in [-0.4, -0.2) is 22.5 Å². The van der Waals surface area contributed by atoms with Gasteiger partial charge in [-0.05, 0) is 52.2 Å². The zero-order chi connectivity index (χ0) is 24.0. The maximum atomic E-state index is 12.2. The quantitative estimate of drug-likeness (QED) is 0.213. The molecule has 0 radical (unpaired) electrons. The number of aromatic nitrogens is 2. The lowest BCUT2D eigenvalue weighted by atomic mass is 10.1. The minimum Gasteiger partial charge on any atom is -0.436 e. The van der Waals surface area contributed by atoms with E-state index >= 15 is 0 Å². The Labute approximate surface area is 210 Å². The van der Waals surface area contributed by atoms with Gasteiger partial charge in [-0.1, -0.05) is 60.7 Å². The van der Waals surface area contributed by atoms with Gasteiger partial charge in [0.15, 0.2) is 5.76 Å². The van der Waals surface area contributed by atoms with E-state index in [4.69, 9.17) is 4.42 Å². The summed E-state index contributed by atoms with van der Waals surface area (Å²) in [6, 6.07) is 26.7. The van der Waals surface area contributed by atoms with Crippen LogP contribution in [-0.2, 0) is 6.42 Å². The Morgan fingerprint density at radius 2 is 1.49 bits per heavy atom. The lowest BCUT2D eigenvalue weighted by molar-refractivity contribution is 0.262. The van der Waals surface area contributed by atoms with Gasteiger partial charge in [0.2, 0.25) is 5.71 Å². The van der Waals surface area contributed by atoms with Crippen molar-refractivity contribution in [2.45, 2.75) is 6.42 Å². The van der Waals surface area contributed by atoms with Gasteiger partial charge in [0, 0.05) is 23.5 Å². The van der Waals surface area contributed by atoms with Crippen LogP contribution in [0, 0.1) is 0 Å². The van der Waals surface area contributed by atoms with Crippen LogP contribution < -0.4 is 16.0 Å². The second kappa shape index (κ2) is 10.4. The number of urea groups is 1. The molecule has 0 fully saturated rings. The first-order chi connectivity index (χ1) is 17.2. The van der Waals surface area contributed by atoms with Gasteiger partial charge in [0.25, 0.3) is 0 Å². The lowest BCUT2D eigenvalue weighted by Gasteiger charge is -2.09. The fourth-order valence-electron chi connectivity index (χ4n) is 3.70. The van der Waals surface area contributed by atoms with Crippen molar-refractivity contribution < 1.29 is 9.21 Å². The van der Waals surface area contributed by atoms with Crippen molar-refractivity contribution in [1.29, 1.82) is 0 Å². The van der Waals surface area contributed by atoms with Gasteiger partial charge in [-0.25, -0.2) is 14.8 Å². The predicted octanol–water partition coefficient (Wildman–Crippen LogP) is 6.95. The molecule has 5 aromatic rings. The predicted molar refractivity (Wildman–Crippen MR) is 143 cm³/mol. The van der Waals surface area contributed by atoms with Crippen molar-refractivity contribution in [2.75, 3.05) is 22.5 Å². The first-order valence-corrected chi connectivity index (χ1v) is 11.9. The minimum absolute atomic E-state index is 0.279. The summed E-state index contributed by atoms with van der Waals surface area (Å²) in [6.45, 7) is 0.672. The summed E-state index contributed by atoms with van der Waals surface area (Å²) in [4.78, 5) is 20.9.